The van der Waals surface area contributed by atoms with Gasteiger partial charge < -0.3 is 26.3 Å². The molecular formula is C15H17N5O2. The summed E-state index contributed by atoms with van der Waals surface area (Å²) in [6, 6.07) is 6.52. The number of nitrogens with zero attached hydrogens (tertiary/aromatic N) is 2. The Morgan fingerprint density at radius 2 is 2.05 bits per heavy atom. The molecule has 7 heteroatoms. The zero-order chi connectivity index (χ0) is 15.5. The van der Waals surface area contributed by atoms with Crippen LogP contribution in [0.15, 0.2) is 24.3 Å². The highest BCUT2D eigenvalue weighted by molar-refractivity contribution is 5.87. The molecule has 5 N–H and O–H groups in total. The van der Waals surface area contributed by atoms with Crippen LogP contribution in [0.1, 0.15) is 5.56 Å². The van der Waals surface area contributed by atoms with Gasteiger partial charge in [-0.1, -0.05) is 0 Å². The lowest BCUT2D eigenvalue weighted by Crippen LogP contribution is -2.45. The van der Waals surface area contributed by atoms with E-state index >= 15 is 0 Å². The van der Waals surface area contributed by atoms with E-state index in [0.29, 0.717) is 29.8 Å². The van der Waals surface area contributed by atoms with Crippen molar-refractivity contribution in [3.8, 4) is 23.0 Å². The minimum atomic E-state index is 0.168. The molecule has 2 aromatic rings. The number of nitrogens with two attached hydrogens (primary N) is 1. The lowest BCUT2D eigenvalue weighted by atomic mass is 10.1. The molecule has 22 heavy (non-hydrogen) atoms. The van der Waals surface area contributed by atoms with Crippen LogP contribution in [0.5, 0.6) is 11.6 Å². The number of ether oxygens (including phenoxy) is 1. The first-order valence-corrected chi connectivity index (χ1v) is 6.98. The fraction of sp³-hybridized carbons (Fsp3) is 0.267. The van der Waals surface area contributed by atoms with Crippen LogP contribution < -0.4 is 15.8 Å². The van der Waals surface area contributed by atoms with Gasteiger partial charge in [0.05, 0.1) is 12.2 Å². The second-order valence-corrected chi connectivity index (χ2v) is 5.18. The molecule has 0 aliphatic carbocycles. The topological polar surface area (TPSA) is 117 Å². The van der Waals surface area contributed by atoms with Crippen LogP contribution >= 0.6 is 0 Å². The largest absolute Gasteiger partial charge is 0.508 e. The lowest BCUT2D eigenvalue weighted by molar-refractivity contribution is 0.193. The number of nitrogen functional groups attached to an aromatic ring is 1. The maximum atomic E-state index is 9.35. The molecule has 3 rings (SSSR count). The lowest BCUT2D eigenvalue weighted by Gasteiger charge is -2.26. The van der Waals surface area contributed by atoms with Crippen molar-refractivity contribution in [3.05, 3.63) is 29.8 Å². The minimum Gasteiger partial charge on any atom is -0.508 e. The summed E-state index contributed by atoms with van der Waals surface area (Å²) in [6.45, 7) is 2.37. The van der Waals surface area contributed by atoms with Crippen molar-refractivity contribution in [1.82, 2.24) is 15.3 Å². The molecule has 114 valence electrons. The average Bonchev–Trinajstić information content (AvgIpc) is 2.46. The van der Waals surface area contributed by atoms with Crippen molar-refractivity contribution >= 4 is 12.0 Å². The summed E-state index contributed by atoms with van der Waals surface area (Å²) in [5.41, 5.74) is 7.01. The Hall–Kier alpha value is -2.67. The van der Waals surface area contributed by atoms with E-state index in [1.54, 1.807) is 24.3 Å². The number of aromatic nitrogens is 2. The van der Waals surface area contributed by atoms with Crippen LogP contribution in [-0.2, 0) is 0 Å². The predicted octanol–water partition coefficient (Wildman–Crippen LogP) is 1.03. The maximum absolute atomic E-state index is 9.35. The van der Waals surface area contributed by atoms with Crippen LogP contribution in [-0.4, -0.2) is 41.0 Å². The highest BCUT2D eigenvalue weighted by Gasteiger charge is 2.20. The molecule has 0 saturated carbocycles. The van der Waals surface area contributed by atoms with Gasteiger partial charge in [0.15, 0.2) is 5.82 Å². The summed E-state index contributed by atoms with van der Waals surface area (Å²) in [4.78, 5) is 8.58. The summed E-state index contributed by atoms with van der Waals surface area (Å²) < 4.78 is 5.73. The van der Waals surface area contributed by atoms with E-state index in [9.17, 15) is 5.11 Å². The molecule has 1 aromatic heterocycles. The standard InChI is InChI=1S/C15H17N5O2/c16-5-12-13(17)19-14(10-1-3-11(21)4-2-10)20-15(12)22-8-9-6-18-7-9/h1-5,9,16,18,21H,6-8H2,(H2,17,19,20). The van der Waals surface area contributed by atoms with E-state index in [2.05, 4.69) is 15.3 Å². The van der Waals surface area contributed by atoms with E-state index in [0.717, 1.165) is 24.9 Å². The van der Waals surface area contributed by atoms with Crippen LogP contribution in [0, 0.1) is 11.3 Å². The van der Waals surface area contributed by atoms with Gasteiger partial charge in [0.25, 0.3) is 0 Å². The van der Waals surface area contributed by atoms with Crippen LogP contribution in [0.25, 0.3) is 11.4 Å². The molecule has 0 bridgehead atoms. The van der Waals surface area contributed by atoms with Crippen molar-refractivity contribution < 1.29 is 9.84 Å². The SMILES string of the molecule is N=Cc1c(N)nc(-c2ccc(O)cc2)nc1OCC1CNC1. The zero-order valence-electron chi connectivity index (χ0n) is 11.9. The summed E-state index contributed by atoms with van der Waals surface area (Å²) in [7, 11) is 0. The summed E-state index contributed by atoms with van der Waals surface area (Å²) >= 11 is 0. The van der Waals surface area contributed by atoms with Gasteiger partial charge >= 0.3 is 0 Å². The quantitative estimate of drug-likeness (QED) is 0.613. The van der Waals surface area contributed by atoms with Crippen molar-refractivity contribution in [1.29, 1.82) is 5.41 Å². The molecule has 1 saturated heterocycles. The smallest absolute Gasteiger partial charge is 0.228 e. The third-order valence-electron chi connectivity index (χ3n) is 3.53. The number of phenolic OH excluding ortho intramolecular Hbond substituents is 1. The van der Waals surface area contributed by atoms with Crippen molar-refractivity contribution in [2.45, 2.75) is 0 Å². The fourth-order valence-electron chi connectivity index (χ4n) is 2.11. The molecule has 0 atom stereocenters. The molecule has 1 aromatic carbocycles. The Balaban J connectivity index is 1.91. The van der Waals surface area contributed by atoms with Gasteiger partial charge in [-0.05, 0) is 24.3 Å². The van der Waals surface area contributed by atoms with Crippen LogP contribution in [0.2, 0.25) is 0 Å². The summed E-state index contributed by atoms with van der Waals surface area (Å²) in [6.07, 6.45) is 1.10. The fourth-order valence-corrected chi connectivity index (χ4v) is 2.11. The van der Waals surface area contributed by atoms with Gasteiger partial charge in [-0.3, -0.25) is 0 Å². The molecule has 1 aliphatic rings. The third kappa shape index (κ3) is 2.84. The van der Waals surface area contributed by atoms with Gasteiger partial charge in [-0.15, -0.1) is 0 Å². The highest BCUT2D eigenvalue weighted by atomic mass is 16.5. The zero-order valence-corrected chi connectivity index (χ0v) is 11.9. The second kappa shape index (κ2) is 5.98. The third-order valence-corrected chi connectivity index (χ3v) is 3.53. The van der Waals surface area contributed by atoms with Gasteiger partial charge in [0, 0.05) is 30.8 Å². The van der Waals surface area contributed by atoms with Crippen molar-refractivity contribution in [2.75, 3.05) is 25.4 Å². The monoisotopic (exact) mass is 299 g/mol. The van der Waals surface area contributed by atoms with Crippen molar-refractivity contribution in [2.24, 2.45) is 5.92 Å². The van der Waals surface area contributed by atoms with Gasteiger partial charge in [-0.25, -0.2) is 4.98 Å². The number of nitrogens with one attached hydrogen (secondary N) is 2. The Labute approximate surface area is 127 Å². The number of phenols is 1. The number of anilines is 1. The molecule has 7 nitrogen and oxygen atoms in total. The number of rotatable bonds is 5. The molecule has 2 heterocycles. The highest BCUT2D eigenvalue weighted by Crippen LogP contribution is 2.26. The van der Waals surface area contributed by atoms with Crippen LogP contribution in [0.3, 0.4) is 0 Å². The number of aromatic hydroxyl groups is 1. The first kappa shape index (κ1) is 14.3. The number of benzene rings is 1. The minimum absolute atomic E-state index is 0.168. The van der Waals surface area contributed by atoms with E-state index in [-0.39, 0.29) is 11.6 Å². The molecule has 0 amide bonds. The average molecular weight is 299 g/mol. The number of hydrogen-bond acceptors (Lipinski definition) is 7. The molecule has 0 radical (unpaired) electrons. The normalized spacial score (nSPS) is 14.4. The van der Waals surface area contributed by atoms with Crippen LogP contribution in [0.4, 0.5) is 5.82 Å². The van der Waals surface area contributed by atoms with Crippen molar-refractivity contribution in [3.63, 3.8) is 0 Å². The van der Waals surface area contributed by atoms with Gasteiger partial charge in [0.1, 0.15) is 11.6 Å². The Morgan fingerprint density at radius 1 is 1.32 bits per heavy atom. The molecule has 1 aliphatic heterocycles. The first-order valence-electron chi connectivity index (χ1n) is 6.98. The van der Waals surface area contributed by atoms with E-state index in [1.807, 2.05) is 0 Å². The summed E-state index contributed by atoms with van der Waals surface area (Å²) in [5, 5.41) is 20.0. The second-order valence-electron chi connectivity index (χ2n) is 5.18. The summed E-state index contributed by atoms with van der Waals surface area (Å²) in [5.74, 6) is 1.55. The van der Waals surface area contributed by atoms with E-state index in [4.69, 9.17) is 15.9 Å². The maximum Gasteiger partial charge on any atom is 0.228 e. The molecule has 0 unspecified atom stereocenters. The molecule has 1 fully saturated rings. The Morgan fingerprint density at radius 3 is 2.64 bits per heavy atom. The molecule has 0 spiro atoms. The molecular weight excluding hydrogens is 282 g/mol. The first-order chi connectivity index (χ1) is 10.7. The van der Waals surface area contributed by atoms with Gasteiger partial charge in [-0.2, -0.15) is 4.98 Å². The van der Waals surface area contributed by atoms with E-state index < -0.39 is 0 Å². The Bertz CT molecular complexity index is 683. The predicted molar refractivity (Wildman–Crippen MR) is 83.3 cm³/mol. The Kier molecular flexibility index (Phi) is 3.88. The van der Waals surface area contributed by atoms with Gasteiger partial charge in [0.2, 0.25) is 5.88 Å². The van der Waals surface area contributed by atoms with E-state index in [1.165, 1.54) is 0 Å². The number of hydrogen-bond donors (Lipinski definition) is 4.